The molecule has 0 radical (unpaired) electrons. The number of rotatable bonds is 6. The summed E-state index contributed by atoms with van der Waals surface area (Å²) in [4.78, 5) is 3.69. The van der Waals surface area contributed by atoms with Gasteiger partial charge >= 0.3 is 0 Å². The molecule has 0 aliphatic rings. The number of nitrogens with zero attached hydrogens (tertiary/aromatic N) is 1. The van der Waals surface area contributed by atoms with Crippen LogP contribution in [0.15, 0.2) is 34.7 Å². The summed E-state index contributed by atoms with van der Waals surface area (Å²) in [6, 6.07) is 3.54. The van der Waals surface area contributed by atoms with Crippen molar-refractivity contribution in [1.82, 2.24) is 9.71 Å². The van der Waals surface area contributed by atoms with Crippen LogP contribution in [0.25, 0.3) is 0 Å². The number of aliphatic hydroxyl groups is 1. The second-order valence-corrected chi connectivity index (χ2v) is 7.21. The van der Waals surface area contributed by atoms with Crippen molar-refractivity contribution in [2.24, 2.45) is 0 Å². The van der Waals surface area contributed by atoms with Gasteiger partial charge in [0.05, 0.1) is 11.6 Å². The number of hydrogen-bond donors (Lipinski definition) is 2. The monoisotopic (exact) mass is 330 g/mol. The molecule has 2 aromatic rings. The number of aliphatic hydroxyl groups excluding tert-OH is 1. The predicted octanol–water partition coefficient (Wildman–Crippen LogP) is 1.86. The Kier molecular flexibility index (Phi) is 5.04. The summed E-state index contributed by atoms with van der Waals surface area (Å²) >= 11 is 1.44. The topological polar surface area (TPSA) is 79.3 Å². The van der Waals surface area contributed by atoms with Crippen LogP contribution in [0.2, 0.25) is 0 Å². The molecule has 0 aliphatic heterocycles. The largest absolute Gasteiger partial charge is 0.392 e. The van der Waals surface area contributed by atoms with Crippen LogP contribution in [0.3, 0.4) is 0 Å². The van der Waals surface area contributed by atoms with Gasteiger partial charge in [0.1, 0.15) is 10.7 Å². The fourth-order valence-electron chi connectivity index (χ4n) is 1.74. The fraction of sp³-hybridized carbons (Fsp3) is 0.308. The Morgan fingerprint density at radius 3 is 2.81 bits per heavy atom. The first-order chi connectivity index (χ1) is 9.94. The molecule has 2 rings (SSSR count). The molecule has 0 spiro atoms. The molecular weight excluding hydrogens is 315 g/mol. The third-order valence-corrected chi connectivity index (χ3v) is 5.38. The lowest BCUT2D eigenvalue weighted by molar-refractivity contribution is 0.281. The maximum Gasteiger partial charge on any atom is 0.243 e. The summed E-state index contributed by atoms with van der Waals surface area (Å²) in [5, 5.41) is 11.5. The van der Waals surface area contributed by atoms with Gasteiger partial charge < -0.3 is 5.11 Å². The highest BCUT2D eigenvalue weighted by molar-refractivity contribution is 7.89. The Hall–Kier alpha value is -1.35. The Bertz CT molecular complexity index is 702. The zero-order chi connectivity index (χ0) is 15.5. The van der Waals surface area contributed by atoms with E-state index in [2.05, 4.69) is 9.71 Å². The van der Waals surface area contributed by atoms with Crippen molar-refractivity contribution in [3.05, 3.63) is 46.2 Å². The van der Waals surface area contributed by atoms with E-state index in [4.69, 9.17) is 5.11 Å². The zero-order valence-electron chi connectivity index (χ0n) is 11.3. The van der Waals surface area contributed by atoms with E-state index < -0.39 is 20.7 Å². The number of benzene rings is 1. The van der Waals surface area contributed by atoms with Crippen molar-refractivity contribution in [2.75, 3.05) is 6.54 Å². The van der Waals surface area contributed by atoms with Crippen LogP contribution in [-0.4, -0.2) is 25.1 Å². The molecule has 0 bridgehead atoms. The Morgan fingerprint density at radius 1 is 1.48 bits per heavy atom. The summed E-state index contributed by atoms with van der Waals surface area (Å²) < 4.78 is 40.4. The van der Waals surface area contributed by atoms with Gasteiger partial charge in [-0.25, -0.2) is 22.5 Å². The third-order valence-electron chi connectivity index (χ3n) is 2.92. The van der Waals surface area contributed by atoms with Crippen LogP contribution in [0.4, 0.5) is 4.39 Å². The lowest BCUT2D eigenvalue weighted by Gasteiger charge is -2.11. The molecule has 0 aliphatic carbocycles. The van der Waals surface area contributed by atoms with Crippen molar-refractivity contribution >= 4 is 21.4 Å². The van der Waals surface area contributed by atoms with Crippen molar-refractivity contribution in [3.8, 4) is 0 Å². The number of nitrogens with one attached hydrogen (secondary N) is 1. The van der Waals surface area contributed by atoms with E-state index in [0.717, 1.165) is 17.1 Å². The van der Waals surface area contributed by atoms with Crippen molar-refractivity contribution in [2.45, 2.75) is 24.3 Å². The van der Waals surface area contributed by atoms with Gasteiger partial charge in [-0.15, -0.1) is 11.3 Å². The van der Waals surface area contributed by atoms with E-state index in [0.29, 0.717) is 5.56 Å². The first kappa shape index (κ1) is 16.0. The first-order valence-electron chi connectivity index (χ1n) is 6.22. The third kappa shape index (κ3) is 3.85. The molecule has 21 heavy (non-hydrogen) atoms. The highest BCUT2D eigenvalue weighted by Gasteiger charge is 2.20. The molecular formula is C13H15FN2O3S2. The van der Waals surface area contributed by atoms with Gasteiger partial charge in [-0.2, -0.15) is 0 Å². The molecule has 5 nitrogen and oxygen atoms in total. The fourth-order valence-corrected chi connectivity index (χ4v) is 3.62. The van der Waals surface area contributed by atoms with E-state index in [9.17, 15) is 12.8 Å². The summed E-state index contributed by atoms with van der Waals surface area (Å²) in [6.45, 7) is 1.63. The van der Waals surface area contributed by atoms with Gasteiger partial charge in [0.2, 0.25) is 10.0 Å². The minimum absolute atomic E-state index is 0.0976. The van der Waals surface area contributed by atoms with Crippen LogP contribution in [-0.2, 0) is 16.6 Å². The summed E-state index contributed by atoms with van der Waals surface area (Å²) in [5.41, 5.74) is 0.322. The maximum atomic E-state index is 13.8. The minimum Gasteiger partial charge on any atom is -0.392 e. The van der Waals surface area contributed by atoms with Crippen molar-refractivity contribution < 1.29 is 17.9 Å². The molecule has 114 valence electrons. The normalized spacial score (nSPS) is 13.3. The molecule has 1 atom stereocenters. The highest BCUT2D eigenvalue weighted by atomic mass is 32.2. The number of hydrogen-bond acceptors (Lipinski definition) is 5. The van der Waals surface area contributed by atoms with E-state index in [1.807, 2.05) is 12.3 Å². The number of thiazole rings is 1. The van der Waals surface area contributed by atoms with Gasteiger partial charge in [-0.1, -0.05) is 13.0 Å². The average molecular weight is 330 g/mol. The van der Waals surface area contributed by atoms with Gasteiger partial charge in [0.15, 0.2) is 0 Å². The first-order valence-corrected chi connectivity index (χ1v) is 8.58. The molecule has 0 saturated carbocycles. The molecule has 1 aromatic carbocycles. The van der Waals surface area contributed by atoms with Gasteiger partial charge in [0, 0.05) is 24.0 Å². The quantitative estimate of drug-likeness (QED) is 0.847. The predicted molar refractivity (Wildman–Crippen MR) is 78.0 cm³/mol. The SMILES string of the molecule is CC(CNS(=O)(=O)c1ccc(CO)cc1F)c1nccs1. The molecule has 0 fully saturated rings. The molecule has 0 amide bonds. The van der Waals surface area contributed by atoms with Gasteiger partial charge in [-0.05, 0) is 17.7 Å². The number of aromatic nitrogens is 1. The second kappa shape index (κ2) is 6.61. The molecule has 1 heterocycles. The number of halogens is 1. The Balaban J connectivity index is 2.11. The zero-order valence-corrected chi connectivity index (χ0v) is 12.9. The molecule has 0 saturated heterocycles. The van der Waals surface area contributed by atoms with Gasteiger partial charge in [0.25, 0.3) is 0 Å². The Labute approximate surface area is 126 Å². The molecule has 1 unspecified atom stereocenters. The van der Waals surface area contributed by atoms with Crippen LogP contribution in [0, 0.1) is 5.82 Å². The van der Waals surface area contributed by atoms with Crippen LogP contribution >= 0.6 is 11.3 Å². The van der Waals surface area contributed by atoms with Crippen molar-refractivity contribution in [1.29, 1.82) is 0 Å². The van der Waals surface area contributed by atoms with E-state index in [-0.39, 0.29) is 19.1 Å². The van der Waals surface area contributed by atoms with Crippen LogP contribution < -0.4 is 4.72 Å². The van der Waals surface area contributed by atoms with Gasteiger partial charge in [-0.3, -0.25) is 0 Å². The van der Waals surface area contributed by atoms with E-state index >= 15 is 0 Å². The van der Waals surface area contributed by atoms with E-state index in [1.165, 1.54) is 17.4 Å². The maximum absolute atomic E-state index is 13.8. The van der Waals surface area contributed by atoms with Crippen molar-refractivity contribution in [3.63, 3.8) is 0 Å². The lowest BCUT2D eigenvalue weighted by atomic mass is 10.2. The molecule has 2 N–H and O–H groups in total. The molecule has 8 heteroatoms. The Morgan fingerprint density at radius 2 is 2.24 bits per heavy atom. The number of sulfonamides is 1. The van der Waals surface area contributed by atoms with Crippen LogP contribution in [0.5, 0.6) is 0 Å². The van der Waals surface area contributed by atoms with Crippen LogP contribution in [0.1, 0.15) is 23.4 Å². The molecule has 1 aromatic heterocycles. The standard InChI is InChI=1S/C13H15FN2O3S2/c1-9(13-15-4-5-20-13)7-16-21(18,19)12-3-2-10(8-17)6-11(12)14/h2-6,9,16-17H,7-8H2,1H3. The summed E-state index contributed by atoms with van der Waals surface area (Å²) in [6.07, 6.45) is 1.65. The lowest BCUT2D eigenvalue weighted by Crippen LogP contribution is -2.28. The summed E-state index contributed by atoms with van der Waals surface area (Å²) in [5.74, 6) is -0.976. The second-order valence-electron chi connectivity index (χ2n) is 4.55. The smallest absolute Gasteiger partial charge is 0.243 e. The minimum atomic E-state index is -3.93. The average Bonchev–Trinajstić information content (AvgIpc) is 2.98. The highest BCUT2D eigenvalue weighted by Crippen LogP contribution is 2.19. The van der Waals surface area contributed by atoms with E-state index in [1.54, 1.807) is 6.20 Å². The summed E-state index contributed by atoms with van der Waals surface area (Å²) in [7, 11) is -3.93.